The molecule has 6 nitrogen and oxygen atoms in total. The molecule has 2 aliphatic heterocycles. The predicted molar refractivity (Wildman–Crippen MR) is 95.1 cm³/mol. The van der Waals surface area contributed by atoms with Gasteiger partial charge in [0.05, 0.1) is 5.69 Å². The van der Waals surface area contributed by atoms with E-state index in [0.717, 1.165) is 0 Å². The zero-order valence-corrected chi connectivity index (χ0v) is 14.3. The van der Waals surface area contributed by atoms with Gasteiger partial charge in [-0.1, -0.05) is 24.3 Å². The highest BCUT2D eigenvalue weighted by Gasteiger charge is 2.41. The van der Waals surface area contributed by atoms with E-state index in [0.29, 0.717) is 44.5 Å². The van der Waals surface area contributed by atoms with Crippen LogP contribution in [-0.4, -0.2) is 53.3 Å². The van der Waals surface area contributed by atoms with E-state index in [1.807, 2.05) is 23.1 Å². The van der Waals surface area contributed by atoms with Crippen molar-refractivity contribution in [1.82, 2.24) is 9.80 Å². The van der Waals surface area contributed by atoms with Crippen molar-refractivity contribution in [2.75, 3.05) is 24.5 Å². The van der Waals surface area contributed by atoms with Gasteiger partial charge < -0.3 is 9.80 Å². The molecule has 0 saturated carbocycles. The lowest BCUT2D eigenvalue weighted by molar-refractivity contribution is -0.132. The van der Waals surface area contributed by atoms with Crippen molar-refractivity contribution in [3.63, 3.8) is 0 Å². The van der Waals surface area contributed by atoms with E-state index in [2.05, 4.69) is 6.58 Å². The number of hydrogen-bond donors (Lipinski definition) is 0. The van der Waals surface area contributed by atoms with E-state index in [4.69, 9.17) is 0 Å². The Labute approximate surface area is 147 Å². The van der Waals surface area contributed by atoms with E-state index < -0.39 is 0 Å². The number of carbonyl (C=O) groups is 3. The zero-order valence-electron chi connectivity index (χ0n) is 14.3. The quantitative estimate of drug-likeness (QED) is 0.610. The monoisotopic (exact) mass is 341 g/mol. The van der Waals surface area contributed by atoms with Crippen molar-refractivity contribution in [2.24, 2.45) is 0 Å². The number of anilines is 1. The predicted octanol–water partition coefficient (Wildman–Crippen LogP) is 2.41. The van der Waals surface area contributed by atoms with Gasteiger partial charge in [-0.05, 0) is 31.4 Å². The number of rotatable bonds is 5. The van der Waals surface area contributed by atoms with E-state index in [1.165, 1.54) is 4.90 Å². The van der Waals surface area contributed by atoms with E-state index >= 15 is 0 Å². The van der Waals surface area contributed by atoms with Gasteiger partial charge >= 0.3 is 6.03 Å². The minimum atomic E-state index is -0.257. The van der Waals surface area contributed by atoms with Crippen LogP contribution in [0.2, 0.25) is 0 Å². The minimum Gasteiger partial charge on any atom is -0.343 e. The first-order chi connectivity index (χ1) is 12.1. The lowest BCUT2D eigenvalue weighted by atomic mass is 10.0. The summed E-state index contributed by atoms with van der Waals surface area (Å²) in [7, 11) is 0. The normalized spacial score (nSPS) is 18.8. The molecule has 2 saturated heterocycles. The molecule has 1 aromatic carbocycles. The summed E-state index contributed by atoms with van der Waals surface area (Å²) in [5, 5.41) is 0. The topological polar surface area (TPSA) is 60.9 Å². The summed E-state index contributed by atoms with van der Waals surface area (Å²) >= 11 is 0. The molecule has 0 N–H and O–H groups in total. The molecule has 0 aliphatic carbocycles. The fourth-order valence-electron chi connectivity index (χ4n) is 3.45. The minimum absolute atomic E-state index is 0.00798. The number of benzene rings is 1. The Bertz CT molecular complexity index is 666. The van der Waals surface area contributed by atoms with Crippen molar-refractivity contribution in [1.29, 1.82) is 0 Å². The van der Waals surface area contributed by atoms with Crippen LogP contribution in [0.1, 0.15) is 25.7 Å². The van der Waals surface area contributed by atoms with Gasteiger partial charge in [0, 0.05) is 25.6 Å². The Morgan fingerprint density at radius 1 is 1.16 bits per heavy atom. The van der Waals surface area contributed by atoms with Crippen LogP contribution >= 0.6 is 0 Å². The molecular weight excluding hydrogens is 318 g/mol. The number of piperidine rings is 1. The lowest BCUT2D eigenvalue weighted by Crippen LogP contribution is -2.48. The number of likely N-dealkylation sites (tertiary alicyclic amines) is 1. The van der Waals surface area contributed by atoms with Crippen molar-refractivity contribution in [2.45, 2.75) is 31.7 Å². The van der Waals surface area contributed by atoms with Gasteiger partial charge in [0.15, 0.2) is 0 Å². The number of allylic oxidation sites excluding steroid dienone is 1. The molecule has 0 aromatic heterocycles. The van der Waals surface area contributed by atoms with Gasteiger partial charge in [0.2, 0.25) is 5.91 Å². The molecule has 0 atom stereocenters. The van der Waals surface area contributed by atoms with E-state index in [9.17, 15) is 14.4 Å². The SMILES string of the molecule is C=CCCC(=O)N1CCC(N2CC(=O)N(c3ccccc3)C2=O)CC1. The van der Waals surface area contributed by atoms with Crippen LogP contribution in [0, 0.1) is 0 Å². The van der Waals surface area contributed by atoms with Crippen LogP contribution in [0.3, 0.4) is 0 Å². The molecule has 6 heteroatoms. The Kier molecular flexibility index (Phi) is 5.16. The van der Waals surface area contributed by atoms with Crippen molar-refractivity contribution in [3.8, 4) is 0 Å². The van der Waals surface area contributed by atoms with Crippen molar-refractivity contribution < 1.29 is 14.4 Å². The summed E-state index contributed by atoms with van der Waals surface area (Å²) < 4.78 is 0. The molecule has 25 heavy (non-hydrogen) atoms. The van der Waals surface area contributed by atoms with Crippen molar-refractivity contribution >= 4 is 23.5 Å². The summed E-state index contributed by atoms with van der Waals surface area (Å²) in [5.74, 6) is -0.0613. The summed E-state index contributed by atoms with van der Waals surface area (Å²) in [6.07, 6.45) is 4.33. The zero-order chi connectivity index (χ0) is 17.8. The van der Waals surface area contributed by atoms with Gasteiger partial charge in [-0.2, -0.15) is 0 Å². The van der Waals surface area contributed by atoms with Gasteiger partial charge in [-0.3, -0.25) is 9.59 Å². The molecule has 0 spiro atoms. The Morgan fingerprint density at radius 2 is 1.84 bits per heavy atom. The molecule has 0 bridgehead atoms. The average molecular weight is 341 g/mol. The average Bonchev–Trinajstić information content (AvgIpc) is 2.95. The first-order valence-electron chi connectivity index (χ1n) is 8.69. The smallest absolute Gasteiger partial charge is 0.332 e. The van der Waals surface area contributed by atoms with Crippen LogP contribution in [-0.2, 0) is 9.59 Å². The number of nitrogens with zero attached hydrogens (tertiary/aromatic N) is 3. The third-order valence-corrected chi connectivity index (χ3v) is 4.83. The van der Waals surface area contributed by atoms with Crippen LogP contribution in [0.25, 0.3) is 0 Å². The summed E-state index contributed by atoms with van der Waals surface area (Å²) in [6, 6.07) is 8.75. The largest absolute Gasteiger partial charge is 0.343 e. The molecule has 3 rings (SSSR count). The second kappa shape index (κ2) is 7.51. The first kappa shape index (κ1) is 17.2. The fraction of sp³-hybridized carbons (Fsp3) is 0.421. The Balaban J connectivity index is 1.61. The number of para-hydroxylation sites is 1. The third kappa shape index (κ3) is 3.57. The summed E-state index contributed by atoms with van der Waals surface area (Å²) in [5.41, 5.74) is 0.608. The Morgan fingerprint density at radius 3 is 2.48 bits per heavy atom. The maximum absolute atomic E-state index is 12.7. The van der Waals surface area contributed by atoms with Gasteiger partial charge in [-0.15, -0.1) is 6.58 Å². The van der Waals surface area contributed by atoms with Gasteiger partial charge in [0.25, 0.3) is 5.91 Å². The number of amides is 4. The first-order valence-corrected chi connectivity index (χ1v) is 8.69. The maximum Gasteiger partial charge on any atom is 0.332 e. The second-order valence-corrected chi connectivity index (χ2v) is 6.41. The second-order valence-electron chi connectivity index (χ2n) is 6.41. The van der Waals surface area contributed by atoms with Gasteiger partial charge in [-0.25, -0.2) is 9.69 Å². The molecular formula is C19H23N3O3. The molecule has 1 aromatic rings. The lowest BCUT2D eigenvalue weighted by Gasteiger charge is -2.36. The number of urea groups is 1. The standard InChI is InChI=1S/C19H23N3O3/c1-2-3-9-17(23)20-12-10-15(11-13-20)21-14-18(24)22(19(21)25)16-7-5-4-6-8-16/h2,4-8,15H,1,3,9-14H2. The molecule has 0 unspecified atom stereocenters. The van der Waals surface area contributed by atoms with Crippen LogP contribution in [0.15, 0.2) is 43.0 Å². The highest BCUT2D eigenvalue weighted by atomic mass is 16.2. The third-order valence-electron chi connectivity index (χ3n) is 4.83. The van der Waals surface area contributed by atoms with Crippen LogP contribution in [0.5, 0.6) is 0 Å². The molecule has 4 amide bonds. The number of hydrogen-bond acceptors (Lipinski definition) is 3. The highest BCUT2D eigenvalue weighted by Crippen LogP contribution is 2.26. The molecule has 0 radical (unpaired) electrons. The number of imide groups is 1. The highest BCUT2D eigenvalue weighted by molar-refractivity contribution is 6.19. The van der Waals surface area contributed by atoms with Crippen LogP contribution < -0.4 is 4.90 Å². The van der Waals surface area contributed by atoms with E-state index in [-0.39, 0.29) is 30.4 Å². The maximum atomic E-state index is 12.7. The van der Waals surface area contributed by atoms with Crippen molar-refractivity contribution in [3.05, 3.63) is 43.0 Å². The molecule has 2 aliphatic rings. The Hall–Kier alpha value is -2.63. The van der Waals surface area contributed by atoms with Crippen LogP contribution in [0.4, 0.5) is 10.5 Å². The van der Waals surface area contributed by atoms with E-state index in [1.54, 1.807) is 23.1 Å². The number of carbonyl (C=O) groups excluding carboxylic acids is 3. The fourth-order valence-corrected chi connectivity index (χ4v) is 3.45. The molecule has 132 valence electrons. The summed E-state index contributed by atoms with van der Waals surface area (Å²) in [4.78, 5) is 41.9. The molecule has 2 fully saturated rings. The summed E-state index contributed by atoms with van der Waals surface area (Å²) in [6.45, 7) is 5.01. The molecule has 2 heterocycles. The van der Waals surface area contributed by atoms with Gasteiger partial charge in [0.1, 0.15) is 6.54 Å².